The molecule has 0 amide bonds. The van der Waals surface area contributed by atoms with Crippen molar-refractivity contribution in [3.63, 3.8) is 0 Å². The van der Waals surface area contributed by atoms with E-state index in [2.05, 4.69) is 19.9 Å². The van der Waals surface area contributed by atoms with Crippen LogP contribution < -0.4 is 11.3 Å². The first-order valence-corrected chi connectivity index (χ1v) is 5.48. The van der Waals surface area contributed by atoms with Gasteiger partial charge >= 0.3 is 0 Å². The highest BCUT2D eigenvalue weighted by Crippen LogP contribution is 2.16. The van der Waals surface area contributed by atoms with Crippen LogP contribution in [0.5, 0.6) is 0 Å². The van der Waals surface area contributed by atoms with Gasteiger partial charge in [0.15, 0.2) is 0 Å². The molecule has 3 heterocycles. The molecule has 0 atom stereocenters. The van der Waals surface area contributed by atoms with E-state index in [0.29, 0.717) is 17.5 Å². The summed E-state index contributed by atoms with van der Waals surface area (Å²) in [4.78, 5) is 25.2. The molecule has 0 saturated carbocycles. The van der Waals surface area contributed by atoms with Crippen molar-refractivity contribution < 1.29 is 0 Å². The van der Waals surface area contributed by atoms with Crippen LogP contribution in [0.3, 0.4) is 0 Å². The van der Waals surface area contributed by atoms with Gasteiger partial charge in [-0.1, -0.05) is 6.07 Å². The predicted octanol–water partition coefficient (Wildman–Crippen LogP) is 1.24. The summed E-state index contributed by atoms with van der Waals surface area (Å²) in [7, 11) is 0. The lowest BCUT2D eigenvalue weighted by Crippen LogP contribution is -2.11. The molecule has 7 heteroatoms. The number of nitrogen functional groups attached to an aromatic ring is 1. The molecule has 4 N–H and O–H groups in total. The van der Waals surface area contributed by atoms with Crippen LogP contribution in [0.2, 0.25) is 0 Å². The number of aromatic nitrogens is 4. The van der Waals surface area contributed by atoms with Gasteiger partial charge in [0.25, 0.3) is 5.56 Å². The maximum Gasteiger partial charge on any atom is 0.276 e. The van der Waals surface area contributed by atoms with Gasteiger partial charge in [-0.25, -0.2) is 4.98 Å². The number of aromatic amines is 2. The Kier molecular flexibility index (Phi) is 3.52. The molecule has 0 fully saturated rings. The number of H-pyrrole nitrogens is 2. The molecule has 0 aromatic carbocycles. The Morgan fingerprint density at radius 3 is 2.95 bits per heavy atom. The van der Waals surface area contributed by atoms with Gasteiger partial charge in [-0.05, 0) is 11.6 Å². The minimum Gasteiger partial charge on any atom is -0.369 e. The zero-order valence-corrected chi connectivity index (χ0v) is 10.7. The molecule has 0 aliphatic heterocycles. The third-order valence-corrected chi connectivity index (χ3v) is 2.75. The van der Waals surface area contributed by atoms with E-state index in [1.54, 1.807) is 18.6 Å². The second kappa shape index (κ2) is 5.11. The van der Waals surface area contributed by atoms with Crippen LogP contribution in [-0.4, -0.2) is 19.9 Å². The van der Waals surface area contributed by atoms with Crippen molar-refractivity contribution in [2.75, 3.05) is 5.73 Å². The SMILES string of the molecule is Cl.Nc1nc2c(Cc3cccnc3)c[nH]c2c(=O)[nH]1. The van der Waals surface area contributed by atoms with E-state index in [-0.39, 0.29) is 23.9 Å². The third kappa shape index (κ3) is 2.43. The average Bonchev–Trinajstić information content (AvgIpc) is 2.74. The fourth-order valence-corrected chi connectivity index (χ4v) is 1.94. The summed E-state index contributed by atoms with van der Waals surface area (Å²) in [5, 5.41) is 0. The van der Waals surface area contributed by atoms with Crippen molar-refractivity contribution in [2.45, 2.75) is 6.42 Å². The first kappa shape index (κ1) is 13.1. The predicted molar refractivity (Wildman–Crippen MR) is 75.4 cm³/mol. The Morgan fingerprint density at radius 2 is 2.21 bits per heavy atom. The second-order valence-electron chi connectivity index (χ2n) is 4.03. The number of nitrogens with two attached hydrogens (primary N) is 1. The van der Waals surface area contributed by atoms with Gasteiger partial charge in [-0.3, -0.25) is 14.8 Å². The van der Waals surface area contributed by atoms with Crippen LogP contribution in [0.1, 0.15) is 11.1 Å². The van der Waals surface area contributed by atoms with Gasteiger partial charge in [0, 0.05) is 30.6 Å². The summed E-state index contributed by atoms with van der Waals surface area (Å²) in [6.07, 6.45) is 5.94. The van der Waals surface area contributed by atoms with E-state index in [4.69, 9.17) is 5.73 Å². The number of fused-ring (bicyclic) bond motifs is 1. The van der Waals surface area contributed by atoms with Crippen LogP contribution in [0, 0.1) is 0 Å². The Labute approximate surface area is 114 Å². The van der Waals surface area contributed by atoms with Crippen molar-refractivity contribution in [1.82, 2.24) is 19.9 Å². The molecule has 19 heavy (non-hydrogen) atoms. The number of hydrogen-bond acceptors (Lipinski definition) is 4. The summed E-state index contributed by atoms with van der Waals surface area (Å²) in [6, 6.07) is 3.85. The highest BCUT2D eigenvalue weighted by atomic mass is 35.5. The maximum atomic E-state index is 11.6. The first-order valence-electron chi connectivity index (χ1n) is 5.48. The highest BCUT2D eigenvalue weighted by molar-refractivity contribution is 5.85. The monoisotopic (exact) mass is 277 g/mol. The van der Waals surface area contributed by atoms with Crippen LogP contribution in [0.25, 0.3) is 11.0 Å². The largest absolute Gasteiger partial charge is 0.369 e. The quantitative estimate of drug-likeness (QED) is 0.656. The van der Waals surface area contributed by atoms with Crippen LogP contribution in [0.15, 0.2) is 35.5 Å². The Bertz CT molecular complexity index is 750. The highest BCUT2D eigenvalue weighted by Gasteiger charge is 2.09. The Balaban J connectivity index is 0.00000133. The van der Waals surface area contributed by atoms with Gasteiger partial charge in [0.1, 0.15) is 11.0 Å². The lowest BCUT2D eigenvalue weighted by molar-refractivity contribution is 1.14. The molecule has 0 saturated heterocycles. The van der Waals surface area contributed by atoms with E-state index in [1.165, 1.54) is 0 Å². The maximum absolute atomic E-state index is 11.6. The van der Waals surface area contributed by atoms with Crippen LogP contribution in [-0.2, 0) is 6.42 Å². The lowest BCUT2D eigenvalue weighted by atomic mass is 10.1. The number of pyridine rings is 1. The van der Waals surface area contributed by atoms with Gasteiger partial charge in [0.05, 0.1) is 0 Å². The van der Waals surface area contributed by atoms with E-state index in [1.807, 2.05) is 12.1 Å². The molecule has 98 valence electrons. The molecule has 0 unspecified atom stereocenters. The number of nitrogens with one attached hydrogen (secondary N) is 2. The number of anilines is 1. The van der Waals surface area contributed by atoms with Gasteiger partial charge < -0.3 is 10.7 Å². The molecule has 3 aromatic heterocycles. The van der Waals surface area contributed by atoms with Gasteiger partial charge in [0.2, 0.25) is 5.95 Å². The summed E-state index contributed by atoms with van der Waals surface area (Å²) >= 11 is 0. The smallest absolute Gasteiger partial charge is 0.276 e. The van der Waals surface area contributed by atoms with Crippen molar-refractivity contribution in [1.29, 1.82) is 0 Å². The topological polar surface area (TPSA) is 100 Å². The summed E-state index contributed by atoms with van der Waals surface area (Å²) in [6.45, 7) is 0. The number of rotatable bonds is 2. The van der Waals surface area contributed by atoms with Crippen molar-refractivity contribution in [3.8, 4) is 0 Å². The third-order valence-electron chi connectivity index (χ3n) is 2.75. The van der Waals surface area contributed by atoms with Crippen LogP contribution >= 0.6 is 12.4 Å². The molecule has 0 aliphatic rings. The normalized spacial score (nSPS) is 10.3. The Morgan fingerprint density at radius 1 is 1.37 bits per heavy atom. The van der Waals surface area contributed by atoms with Crippen molar-refractivity contribution in [3.05, 3.63) is 52.2 Å². The molecule has 6 nitrogen and oxygen atoms in total. The summed E-state index contributed by atoms with van der Waals surface area (Å²) < 4.78 is 0. The van der Waals surface area contributed by atoms with Gasteiger partial charge in [-0.15, -0.1) is 12.4 Å². The zero-order valence-electron chi connectivity index (χ0n) is 9.88. The number of halogens is 1. The van der Waals surface area contributed by atoms with Crippen molar-refractivity contribution in [2.24, 2.45) is 0 Å². The summed E-state index contributed by atoms with van der Waals surface area (Å²) in [5.41, 5.74) is 8.34. The Hall–Kier alpha value is -2.34. The number of hydrogen-bond donors (Lipinski definition) is 3. The van der Waals surface area contributed by atoms with E-state index in [9.17, 15) is 4.79 Å². The van der Waals surface area contributed by atoms with E-state index < -0.39 is 0 Å². The van der Waals surface area contributed by atoms with E-state index >= 15 is 0 Å². The molecule has 0 bridgehead atoms. The minimum absolute atomic E-state index is 0. The number of nitrogens with zero attached hydrogens (tertiary/aromatic N) is 2. The zero-order chi connectivity index (χ0) is 12.5. The van der Waals surface area contributed by atoms with Crippen LogP contribution in [0.4, 0.5) is 5.95 Å². The fraction of sp³-hybridized carbons (Fsp3) is 0.0833. The molecule has 3 aromatic rings. The standard InChI is InChI=1S/C12H11N5O.ClH/c13-12-16-9-8(4-7-2-1-3-14-5-7)6-15-10(9)11(18)17-12;/h1-3,5-6,15H,4H2,(H3,13,16,17,18);1H. The molecule has 0 radical (unpaired) electrons. The molecule has 0 aliphatic carbocycles. The molecule has 0 spiro atoms. The van der Waals surface area contributed by atoms with Crippen molar-refractivity contribution >= 4 is 29.4 Å². The van der Waals surface area contributed by atoms with Gasteiger partial charge in [-0.2, -0.15) is 0 Å². The average molecular weight is 278 g/mol. The first-order chi connectivity index (χ1) is 8.74. The lowest BCUT2D eigenvalue weighted by Gasteiger charge is -1.99. The summed E-state index contributed by atoms with van der Waals surface area (Å²) in [5.74, 6) is 0.125. The molecule has 3 rings (SSSR count). The molecular weight excluding hydrogens is 266 g/mol. The van der Waals surface area contributed by atoms with E-state index in [0.717, 1.165) is 11.1 Å². The second-order valence-corrected chi connectivity index (χ2v) is 4.03. The fourth-order valence-electron chi connectivity index (χ4n) is 1.94. The minimum atomic E-state index is -0.255. The molecular formula is C12H12ClN5O.